The highest BCUT2D eigenvalue weighted by molar-refractivity contribution is 5.92. The summed E-state index contributed by atoms with van der Waals surface area (Å²) in [5, 5.41) is 9.85. The van der Waals surface area contributed by atoms with Crippen LogP contribution in [-0.4, -0.2) is 33.0 Å². The number of carbonyl (C=O) groups is 1. The molecule has 0 atom stereocenters. The Balaban J connectivity index is 1.83. The standard InChI is InChI=1S/C18H19N5O/c1-19-15-7-8-17(20-11-15)18(24)23(13-16-9-10-21-22-16)12-14-5-3-2-4-6-14/h2-11,19H,12-13H2,1H3,(H,21,22). The van der Waals surface area contributed by atoms with Crippen molar-refractivity contribution in [1.82, 2.24) is 20.1 Å². The fourth-order valence-electron chi connectivity index (χ4n) is 2.41. The van der Waals surface area contributed by atoms with Gasteiger partial charge >= 0.3 is 0 Å². The summed E-state index contributed by atoms with van der Waals surface area (Å²) >= 11 is 0. The van der Waals surface area contributed by atoms with Crippen molar-refractivity contribution >= 4 is 11.6 Å². The number of H-pyrrole nitrogens is 1. The first-order chi connectivity index (χ1) is 11.8. The van der Waals surface area contributed by atoms with Crippen LogP contribution in [0.1, 0.15) is 21.7 Å². The Bertz CT molecular complexity index is 769. The third kappa shape index (κ3) is 3.78. The van der Waals surface area contributed by atoms with Crippen molar-refractivity contribution in [3.05, 3.63) is 77.9 Å². The van der Waals surface area contributed by atoms with Crippen molar-refractivity contribution in [3.63, 3.8) is 0 Å². The van der Waals surface area contributed by atoms with Crippen LogP contribution in [0.5, 0.6) is 0 Å². The molecule has 0 saturated carbocycles. The van der Waals surface area contributed by atoms with Crippen molar-refractivity contribution < 1.29 is 4.79 Å². The molecule has 0 aliphatic rings. The summed E-state index contributed by atoms with van der Waals surface area (Å²) < 4.78 is 0. The molecule has 0 aliphatic heterocycles. The Morgan fingerprint density at radius 3 is 2.58 bits per heavy atom. The number of aromatic nitrogens is 3. The minimum Gasteiger partial charge on any atom is -0.387 e. The van der Waals surface area contributed by atoms with E-state index < -0.39 is 0 Å². The molecule has 6 heteroatoms. The average Bonchev–Trinajstić information content (AvgIpc) is 3.15. The average molecular weight is 321 g/mol. The zero-order valence-electron chi connectivity index (χ0n) is 13.4. The molecule has 2 heterocycles. The lowest BCUT2D eigenvalue weighted by Crippen LogP contribution is -2.31. The van der Waals surface area contributed by atoms with Crippen molar-refractivity contribution in [2.75, 3.05) is 12.4 Å². The SMILES string of the molecule is CNc1ccc(C(=O)N(Cc2ccccc2)Cc2ccn[nH]2)nc1. The summed E-state index contributed by atoms with van der Waals surface area (Å²) in [6.45, 7) is 0.956. The number of amides is 1. The van der Waals surface area contributed by atoms with Gasteiger partial charge in [0.1, 0.15) is 5.69 Å². The van der Waals surface area contributed by atoms with Crippen LogP contribution in [-0.2, 0) is 13.1 Å². The summed E-state index contributed by atoms with van der Waals surface area (Å²) in [5.41, 5.74) is 3.24. The van der Waals surface area contributed by atoms with E-state index in [0.717, 1.165) is 16.9 Å². The monoisotopic (exact) mass is 321 g/mol. The van der Waals surface area contributed by atoms with Gasteiger partial charge in [0.25, 0.3) is 5.91 Å². The number of aromatic amines is 1. The summed E-state index contributed by atoms with van der Waals surface area (Å²) in [7, 11) is 1.82. The van der Waals surface area contributed by atoms with Crippen molar-refractivity contribution in [2.24, 2.45) is 0 Å². The minimum absolute atomic E-state index is 0.115. The van der Waals surface area contributed by atoms with E-state index in [9.17, 15) is 4.79 Å². The number of nitrogens with one attached hydrogen (secondary N) is 2. The van der Waals surface area contributed by atoms with Gasteiger partial charge in [-0.2, -0.15) is 5.10 Å². The minimum atomic E-state index is -0.115. The summed E-state index contributed by atoms with van der Waals surface area (Å²) in [4.78, 5) is 18.9. The van der Waals surface area contributed by atoms with Gasteiger partial charge < -0.3 is 10.2 Å². The molecular weight excluding hydrogens is 302 g/mol. The molecule has 24 heavy (non-hydrogen) atoms. The number of rotatable bonds is 6. The summed E-state index contributed by atoms with van der Waals surface area (Å²) in [5.74, 6) is -0.115. The molecule has 0 spiro atoms. The number of pyridine rings is 1. The Morgan fingerprint density at radius 2 is 1.96 bits per heavy atom. The fourth-order valence-corrected chi connectivity index (χ4v) is 2.41. The number of anilines is 1. The van der Waals surface area contributed by atoms with Gasteiger partial charge in [-0.1, -0.05) is 30.3 Å². The lowest BCUT2D eigenvalue weighted by atomic mass is 10.2. The zero-order chi connectivity index (χ0) is 16.8. The van der Waals surface area contributed by atoms with E-state index >= 15 is 0 Å². The molecule has 122 valence electrons. The smallest absolute Gasteiger partial charge is 0.273 e. The second-order valence-electron chi connectivity index (χ2n) is 5.41. The maximum Gasteiger partial charge on any atom is 0.273 e. The Hall–Kier alpha value is -3.15. The first-order valence-corrected chi connectivity index (χ1v) is 7.71. The van der Waals surface area contributed by atoms with Gasteiger partial charge in [-0.3, -0.25) is 9.89 Å². The number of carbonyl (C=O) groups excluding carboxylic acids is 1. The summed E-state index contributed by atoms with van der Waals surface area (Å²) in [6.07, 6.45) is 3.34. The van der Waals surface area contributed by atoms with E-state index in [4.69, 9.17) is 0 Å². The Morgan fingerprint density at radius 1 is 1.12 bits per heavy atom. The van der Waals surface area contributed by atoms with E-state index in [1.807, 2.05) is 49.5 Å². The molecule has 6 nitrogen and oxygen atoms in total. The van der Waals surface area contributed by atoms with Crippen LogP contribution in [0.3, 0.4) is 0 Å². The van der Waals surface area contributed by atoms with Crippen molar-refractivity contribution in [2.45, 2.75) is 13.1 Å². The third-order valence-corrected chi connectivity index (χ3v) is 3.69. The predicted octanol–water partition coefficient (Wildman–Crippen LogP) is 2.69. The molecule has 1 amide bonds. The molecule has 0 radical (unpaired) electrons. The van der Waals surface area contributed by atoms with Crippen LogP contribution in [0.15, 0.2) is 60.9 Å². The van der Waals surface area contributed by atoms with Crippen molar-refractivity contribution in [1.29, 1.82) is 0 Å². The van der Waals surface area contributed by atoms with Gasteiger partial charge in [-0.25, -0.2) is 4.98 Å². The van der Waals surface area contributed by atoms with E-state index in [-0.39, 0.29) is 5.91 Å². The number of nitrogens with zero attached hydrogens (tertiary/aromatic N) is 3. The highest BCUT2D eigenvalue weighted by Gasteiger charge is 2.18. The predicted molar refractivity (Wildman–Crippen MR) is 92.4 cm³/mol. The van der Waals surface area contributed by atoms with Gasteiger partial charge in [0.15, 0.2) is 0 Å². The second-order valence-corrected chi connectivity index (χ2v) is 5.41. The van der Waals surface area contributed by atoms with E-state index in [2.05, 4.69) is 20.5 Å². The van der Waals surface area contributed by atoms with Crippen LogP contribution < -0.4 is 5.32 Å². The van der Waals surface area contributed by atoms with Gasteiger partial charge in [0.2, 0.25) is 0 Å². The van der Waals surface area contributed by atoms with Crippen LogP contribution in [0.2, 0.25) is 0 Å². The first kappa shape index (κ1) is 15.7. The zero-order valence-corrected chi connectivity index (χ0v) is 13.4. The molecule has 0 saturated heterocycles. The lowest BCUT2D eigenvalue weighted by Gasteiger charge is -2.22. The van der Waals surface area contributed by atoms with E-state index in [1.165, 1.54) is 0 Å². The summed E-state index contributed by atoms with van der Waals surface area (Å²) in [6, 6.07) is 15.3. The van der Waals surface area contributed by atoms with Gasteiger partial charge in [0.05, 0.1) is 24.1 Å². The molecule has 2 aromatic heterocycles. The van der Waals surface area contributed by atoms with Crippen molar-refractivity contribution in [3.8, 4) is 0 Å². The molecule has 0 fully saturated rings. The normalized spacial score (nSPS) is 10.4. The van der Waals surface area contributed by atoms with Crippen LogP contribution in [0.25, 0.3) is 0 Å². The second kappa shape index (κ2) is 7.41. The quantitative estimate of drug-likeness (QED) is 0.732. The topological polar surface area (TPSA) is 73.9 Å². The molecule has 2 N–H and O–H groups in total. The Kier molecular flexibility index (Phi) is 4.86. The molecule has 1 aromatic carbocycles. The number of hydrogen-bond donors (Lipinski definition) is 2. The molecule has 3 aromatic rings. The maximum absolute atomic E-state index is 12.9. The maximum atomic E-state index is 12.9. The van der Waals surface area contributed by atoms with Crippen LogP contribution in [0.4, 0.5) is 5.69 Å². The molecule has 0 aliphatic carbocycles. The Labute approximate surface area is 140 Å². The highest BCUT2D eigenvalue weighted by atomic mass is 16.2. The number of hydrogen-bond acceptors (Lipinski definition) is 4. The molecule has 0 unspecified atom stereocenters. The van der Waals surface area contributed by atoms with E-state index in [1.54, 1.807) is 23.4 Å². The van der Waals surface area contributed by atoms with Gasteiger partial charge in [0, 0.05) is 19.8 Å². The molecular formula is C18H19N5O. The van der Waals surface area contributed by atoms with Gasteiger partial charge in [-0.15, -0.1) is 0 Å². The third-order valence-electron chi connectivity index (χ3n) is 3.69. The first-order valence-electron chi connectivity index (χ1n) is 7.71. The van der Waals surface area contributed by atoms with E-state index in [0.29, 0.717) is 18.8 Å². The van der Waals surface area contributed by atoms with Crippen LogP contribution >= 0.6 is 0 Å². The highest BCUT2D eigenvalue weighted by Crippen LogP contribution is 2.13. The molecule has 0 bridgehead atoms. The largest absolute Gasteiger partial charge is 0.387 e. The number of benzene rings is 1. The van der Waals surface area contributed by atoms with Crippen LogP contribution in [0, 0.1) is 0 Å². The fraction of sp³-hybridized carbons (Fsp3) is 0.167. The lowest BCUT2D eigenvalue weighted by molar-refractivity contribution is 0.0722. The molecule has 3 rings (SSSR count). The van der Waals surface area contributed by atoms with Gasteiger partial charge in [-0.05, 0) is 23.8 Å².